The van der Waals surface area contributed by atoms with E-state index in [-0.39, 0.29) is 5.56 Å². The lowest BCUT2D eigenvalue weighted by atomic mass is 9.96. The summed E-state index contributed by atoms with van der Waals surface area (Å²) in [5.74, 6) is -0.965. The van der Waals surface area contributed by atoms with Crippen LogP contribution in [0.4, 0.5) is 0 Å². The van der Waals surface area contributed by atoms with Crippen LogP contribution >= 0.6 is 12.2 Å². The maximum atomic E-state index is 11.2. The molecule has 0 heterocycles. The molecule has 0 aromatic heterocycles. The Morgan fingerprint density at radius 1 is 1.23 bits per heavy atom. The van der Waals surface area contributed by atoms with E-state index in [4.69, 9.17) is 12.2 Å². The van der Waals surface area contributed by atoms with Crippen molar-refractivity contribution in [1.29, 1.82) is 0 Å². The Morgan fingerprint density at radius 3 is 2.50 bits per heavy atom. The molecule has 1 aromatic carbocycles. The minimum absolute atomic E-state index is 0.233. The number of carboxylic acids is 1. The molecule has 0 spiro atoms. The quantitative estimate of drug-likeness (QED) is 0.452. The highest BCUT2D eigenvalue weighted by molar-refractivity contribution is 7.80. The van der Waals surface area contributed by atoms with Crippen LogP contribution in [0.5, 0.6) is 0 Å². The average Bonchev–Trinajstić information content (AvgIpc) is 2.53. The highest BCUT2D eigenvalue weighted by Crippen LogP contribution is 2.17. The highest BCUT2D eigenvalue weighted by atomic mass is 32.1. The number of hydrogen-bond acceptors (Lipinski definition) is 3. The van der Waals surface area contributed by atoms with Gasteiger partial charge in [-0.3, -0.25) is 5.43 Å². The van der Waals surface area contributed by atoms with Crippen LogP contribution in [0, 0.1) is 0 Å². The predicted molar refractivity (Wildman–Crippen MR) is 91.4 cm³/mol. The van der Waals surface area contributed by atoms with Gasteiger partial charge in [0.15, 0.2) is 5.11 Å². The summed E-state index contributed by atoms with van der Waals surface area (Å²) in [6, 6.07) is 7.20. The van der Waals surface area contributed by atoms with Crippen molar-refractivity contribution in [3.63, 3.8) is 0 Å². The summed E-state index contributed by atoms with van der Waals surface area (Å²) in [7, 11) is 0. The molecule has 6 heteroatoms. The van der Waals surface area contributed by atoms with Crippen LogP contribution in [-0.2, 0) is 0 Å². The van der Waals surface area contributed by atoms with Crippen molar-refractivity contribution >= 4 is 29.0 Å². The molecule has 0 atom stereocenters. The van der Waals surface area contributed by atoms with Gasteiger partial charge in [-0.05, 0) is 38.0 Å². The maximum Gasteiger partial charge on any atom is 0.336 e. The Labute approximate surface area is 135 Å². The van der Waals surface area contributed by atoms with Crippen molar-refractivity contribution in [2.45, 2.75) is 45.1 Å². The summed E-state index contributed by atoms with van der Waals surface area (Å²) in [6.45, 7) is 1.76. The molecule has 1 aliphatic rings. The van der Waals surface area contributed by atoms with Crippen LogP contribution in [0.2, 0.25) is 0 Å². The molecule has 0 bridgehead atoms. The largest absolute Gasteiger partial charge is 0.478 e. The molecule has 0 amide bonds. The smallest absolute Gasteiger partial charge is 0.336 e. The van der Waals surface area contributed by atoms with E-state index in [2.05, 4.69) is 15.8 Å². The number of rotatable bonds is 4. The fourth-order valence-electron chi connectivity index (χ4n) is 2.64. The molecule has 1 aromatic rings. The van der Waals surface area contributed by atoms with Gasteiger partial charge in [0, 0.05) is 11.6 Å². The Hall–Kier alpha value is -1.95. The van der Waals surface area contributed by atoms with Crippen LogP contribution in [0.15, 0.2) is 29.4 Å². The Morgan fingerprint density at radius 2 is 1.86 bits per heavy atom. The number of aromatic carboxylic acids is 1. The van der Waals surface area contributed by atoms with Crippen molar-refractivity contribution in [3.8, 4) is 0 Å². The summed E-state index contributed by atoms with van der Waals surface area (Å²) in [4.78, 5) is 11.2. The minimum atomic E-state index is -0.965. The molecule has 0 aliphatic heterocycles. The van der Waals surface area contributed by atoms with Crippen molar-refractivity contribution in [3.05, 3.63) is 35.4 Å². The van der Waals surface area contributed by atoms with E-state index in [1.807, 2.05) is 0 Å². The lowest BCUT2D eigenvalue weighted by molar-refractivity contribution is 0.0696. The van der Waals surface area contributed by atoms with E-state index in [1.54, 1.807) is 31.2 Å². The van der Waals surface area contributed by atoms with E-state index in [0.29, 0.717) is 22.4 Å². The fourth-order valence-corrected chi connectivity index (χ4v) is 2.86. The van der Waals surface area contributed by atoms with E-state index in [9.17, 15) is 9.90 Å². The zero-order valence-corrected chi connectivity index (χ0v) is 13.4. The third kappa shape index (κ3) is 4.53. The fraction of sp³-hybridized carbons (Fsp3) is 0.438. The second kappa shape index (κ2) is 7.89. The van der Waals surface area contributed by atoms with Gasteiger partial charge < -0.3 is 10.4 Å². The number of nitrogens with zero attached hydrogens (tertiary/aromatic N) is 1. The Kier molecular flexibility index (Phi) is 5.89. The molecule has 118 valence electrons. The molecule has 0 saturated heterocycles. The molecule has 0 radical (unpaired) electrons. The van der Waals surface area contributed by atoms with Gasteiger partial charge >= 0.3 is 5.97 Å². The topological polar surface area (TPSA) is 73.7 Å². The molecular formula is C16H21N3O2S. The number of carbonyl (C=O) groups is 1. The lowest BCUT2D eigenvalue weighted by Gasteiger charge is -2.23. The summed E-state index contributed by atoms with van der Waals surface area (Å²) >= 11 is 5.24. The normalized spacial score (nSPS) is 16.1. The van der Waals surface area contributed by atoms with Crippen LogP contribution in [0.1, 0.15) is 54.9 Å². The van der Waals surface area contributed by atoms with Crippen molar-refractivity contribution < 1.29 is 9.90 Å². The highest BCUT2D eigenvalue weighted by Gasteiger charge is 2.14. The minimum Gasteiger partial charge on any atom is -0.478 e. The third-order valence-corrected chi connectivity index (χ3v) is 4.02. The molecule has 22 heavy (non-hydrogen) atoms. The van der Waals surface area contributed by atoms with Gasteiger partial charge in [0.1, 0.15) is 0 Å². The van der Waals surface area contributed by atoms with Gasteiger partial charge in [-0.25, -0.2) is 4.79 Å². The van der Waals surface area contributed by atoms with Gasteiger partial charge in [0.2, 0.25) is 0 Å². The van der Waals surface area contributed by atoms with Crippen LogP contribution < -0.4 is 10.7 Å². The Bertz CT molecular complexity index is 581. The van der Waals surface area contributed by atoms with Crippen molar-refractivity contribution in [1.82, 2.24) is 10.7 Å². The summed E-state index contributed by atoms with van der Waals surface area (Å²) in [5.41, 5.74) is 4.22. The summed E-state index contributed by atoms with van der Waals surface area (Å²) < 4.78 is 0. The second-order valence-electron chi connectivity index (χ2n) is 5.47. The first kappa shape index (κ1) is 16.4. The summed E-state index contributed by atoms with van der Waals surface area (Å²) in [6.07, 6.45) is 6.02. The lowest BCUT2D eigenvalue weighted by Crippen LogP contribution is -2.41. The average molecular weight is 319 g/mol. The molecule has 1 fully saturated rings. The molecule has 5 nitrogen and oxygen atoms in total. The van der Waals surface area contributed by atoms with Crippen molar-refractivity contribution in [2.75, 3.05) is 0 Å². The van der Waals surface area contributed by atoms with Gasteiger partial charge in [-0.1, -0.05) is 37.5 Å². The molecule has 1 saturated carbocycles. The van der Waals surface area contributed by atoms with Gasteiger partial charge in [0.05, 0.1) is 11.3 Å². The van der Waals surface area contributed by atoms with E-state index in [1.165, 1.54) is 19.3 Å². The monoisotopic (exact) mass is 319 g/mol. The van der Waals surface area contributed by atoms with E-state index < -0.39 is 5.97 Å². The van der Waals surface area contributed by atoms with Crippen LogP contribution in [-0.4, -0.2) is 27.9 Å². The SMILES string of the molecule is C/C(=N\NC(=S)NC1CCCCC1)c1ccccc1C(=O)O. The number of thiocarbonyl (C=S) groups is 1. The van der Waals surface area contributed by atoms with Gasteiger partial charge in [-0.2, -0.15) is 5.10 Å². The molecule has 2 rings (SSSR count). The first-order chi connectivity index (χ1) is 10.6. The molecule has 0 unspecified atom stereocenters. The molecular weight excluding hydrogens is 298 g/mol. The Balaban J connectivity index is 1.97. The molecule has 3 N–H and O–H groups in total. The number of carboxylic acid groups (broad SMARTS) is 1. The van der Waals surface area contributed by atoms with Crippen molar-refractivity contribution in [2.24, 2.45) is 5.10 Å². The van der Waals surface area contributed by atoms with Gasteiger partial charge in [0.25, 0.3) is 0 Å². The number of hydrazone groups is 1. The predicted octanol–water partition coefficient (Wildman–Crippen LogP) is 2.91. The van der Waals surface area contributed by atoms with Crippen LogP contribution in [0.25, 0.3) is 0 Å². The number of hydrogen-bond donors (Lipinski definition) is 3. The number of nitrogens with one attached hydrogen (secondary N) is 2. The van der Waals surface area contributed by atoms with Crippen LogP contribution in [0.3, 0.4) is 0 Å². The van der Waals surface area contributed by atoms with E-state index >= 15 is 0 Å². The zero-order chi connectivity index (χ0) is 15.9. The van der Waals surface area contributed by atoms with Gasteiger partial charge in [-0.15, -0.1) is 0 Å². The first-order valence-electron chi connectivity index (χ1n) is 7.51. The molecule has 1 aliphatic carbocycles. The second-order valence-corrected chi connectivity index (χ2v) is 5.88. The number of benzene rings is 1. The third-order valence-electron chi connectivity index (χ3n) is 3.81. The zero-order valence-electron chi connectivity index (χ0n) is 12.6. The standard InChI is InChI=1S/C16H21N3O2S/c1-11(13-9-5-6-10-14(13)15(20)21)18-19-16(22)17-12-7-3-2-4-8-12/h5-6,9-10,12H,2-4,7-8H2,1H3,(H,20,21)(H2,17,19,22)/b18-11+. The van der Waals surface area contributed by atoms with E-state index in [0.717, 1.165) is 12.8 Å². The summed E-state index contributed by atoms with van der Waals surface area (Å²) in [5, 5.41) is 17.1. The first-order valence-corrected chi connectivity index (χ1v) is 7.92. The maximum absolute atomic E-state index is 11.2.